The lowest BCUT2D eigenvalue weighted by Crippen LogP contribution is -2.22. The van der Waals surface area contributed by atoms with Crippen molar-refractivity contribution in [3.05, 3.63) is 65.2 Å². The lowest BCUT2D eigenvalue weighted by atomic mass is 10.1. The molecule has 0 aliphatic carbocycles. The van der Waals surface area contributed by atoms with Gasteiger partial charge in [0, 0.05) is 24.6 Å². The molecule has 0 atom stereocenters. The van der Waals surface area contributed by atoms with Gasteiger partial charge in [0.15, 0.2) is 5.82 Å². The Kier molecular flexibility index (Phi) is 3.21. The van der Waals surface area contributed by atoms with E-state index in [1.165, 1.54) is 5.39 Å². The number of hydrogen-bond acceptors (Lipinski definition) is 3. The van der Waals surface area contributed by atoms with Crippen LogP contribution >= 0.6 is 0 Å². The molecule has 1 heterocycles. The predicted octanol–water partition coefficient (Wildman–Crippen LogP) is 3.16. The standard InChI is InChI=1S/C16H15N3O/c1-2-19-10-9-17-15(16(19)20)18-14-8-7-12-5-3-4-6-13(12)11-14/h3-11H,2H2,1H3,(H,17,18). The Morgan fingerprint density at radius 2 is 1.95 bits per heavy atom. The van der Waals surface area contributed by atoms with Crippen LogP contribution in [0, 0.1) is 0 Å². The Balaban J connectivity index is 1.99. The SMILES string of the molecule is CCn1ccnc(Nc2ccc3ccccc3c2)c1=O. The molecule has 20 heavy (non-hydrogen) atoms. The summed E-state index contributed by atoms with van der Waals surface area (Å²) in [5.74, 6) is 0.352. The highest BCUT2D eigenvalue weighted by atomic mass is 16.1. The molecule has 0 amide bonds. The van der Waals surface area contributed by atoms with Gasteiger partial charge in [-0.25, -0.2) is 4.98 Å². The Bertz CT molecular complexity index is 808. The molecule has 0 fully saturated rings. The number of fused-ring (bicyclic) bond motifs is 1. The molecule has 100 valence electrons. The van der Waals surface area contributed by atoms with Gasteiger partial charge in [-0.3, -0.25) is 4.79 Å². The molecule has 0 bridgehead atoms. The van der Waals surface area contributed by atoms with Gasteiger partial charge in [0.1, 0.15) is 0 Å². The fourth-order valence-corrected chi connectivity index (χ4v) is 2.19. The van der Waals surface area contributed by atoms with E-state index in [0.29, 0.717) is 12.4 Å². The highest BCUT2D eigenvalue weighted by molar-refractivity contribution is 5.86. The summed E-state index contributed by atoms with van der Waals surface area (Å²) in [6.45, 7) is 2.56. The Labute approximate surface area is 116 Å². The number of rotatable bonds is 3. The van der Waals surface area contributed by atoms with Crippen LogP contribution in [-0.4, -0.2) is 9.55 Å². The van der Waals surface area contributed by atoms with Crippen LogP contribution in [0.15, 0.2) is 59.7 Å². The second-order valence-electron chi connectivity index (χ2n) is 4.55. The predicted molar refractivity (Wildman–Crippen MR) is 81.4 cm³/mol. The van der Waals surface area contributed by atoms with Crippen LogP contribution in [-0.2, 0) is 6.54 Å². The van der Waals surface area contributed by atoms with Crippen molar-refractivity contribution in [2.45, 2.75) is 13.5 Å². The van der Waals surface area contributed by atoms with Gasteiger partial charge in [-0.15, -0.1) is 0 Å². The molecule has 0 saturated heterocycles. The summed E-state index contributed by atoms with van der Waals surface area (Å²) < 4.78 is 1.62. The van der Waals surface area contributed by atoms with Gasteiger partial charge in [-0.1, -0.05) is 30.3 Å². The monoisotopic (exact) mass is 265 g/mol. The van der Waals surface area contributed by atoms with E-state index in [1.54, 1.807) is 17.0 Å². The van der Waals surface area contributed by atoms with Crippen LogP contribution in [0.2, 0.25) is 0 Å². The van der Waals surface area contributed by atoms with E-state index in [-0.39, 0.29) is 5.56 Å². The third-order valence-corrected chi connectivity index (χ3v) is 3.27. The van der Waals surface area contributed by atoms with E-state index in [4.69, 9.17) is 0 Å². The maximum absolute atomic E-state index is 12.1. The molecule has 0 unspecified atom stereocenters. The van der Waals surface area contributed by atoms with E-state index in [1.807, 2.05) is 43.3 Å². The van der Waals surface area contributed by atoms with Crippen LogP contribution in [0.4, 0.5) is 11.5 Å². The van der Waals surface area contributed by atoms with Crippen molar-refractivity contribution < 1.29 is 0 Å². The van der Waals surface area contributed by atoms with E-state index >= 15 is 0 Å². The van der Waals surface area contributed by atoms with E-state index < -0.39 is 0 Å². The van der Waals surface area contributed by atoms with Crippen molar-refractivity contribution >= 4 is 22.3 Å². The molecule has 0 saturated carbocycles. The van der Waals surface area contributed by atoms with Gasteiger partial charge in [-0.05, 0) is 29.8 Å². The van der Waals surface area contributed by atoms with Gasteiger partial charge in [0.05, 0.1) is 0 Å². The molecule has 4 nitrogen and oxygen atoms in total. The lowest BCUT2D eigenvalue weighted by Gasteiger charge is -2.08. The number of aryl methyl sites for hydroxylation is 1. The second kappa shape index (κ2) is 5.17. The molecule has 2 aromatic carbocycles. The second-order valence-corrected chi connectivity index (χ2v) is 4.55. The molecule has 0 spiro atoms. The van der Waals surface area contributed by atoms with Crippen molar-refractivity contribution in [2.75, 3.05) is 5.32 Å². The van der Waals surface area contributed by atoms with Gasteiger partial charge in [-0.2, -0.15) is 0 Å². The van der Waals surface area contributed by atoms with E-state index in [0.717, 1.165) is 11.1 Å². The largest absolute Gasteiger partial charge is 0.336 e. The molecule has 0 aliphatic rings. The minimum absolute atomic E-state index is 0.108. The zero-order chi connectivity index (χ0) is 13.9. The minimum atomic E-state index is -0.108. The number of nitrogens with zero attached hydrogens (tertiary/aromatic N) is 2. The maximum atomic E-state index is 12.1. The van der Waals surface area contributed by atoms with Crippen molar-refractivity contribution in [3.63, 3.8) is 0 Å². The van der Waals surface area contributed by atoms with Gasteiger partial charge >= 0.3 is 0 Å². The van der Waals surface area contributed by atoms with Crippen LogP contribution < -0.4 is 10.9 Å². The average molecular weight is 265 g/mol. The van der Waals surface area contributed by atoms with Gasteiger partial charge < -0.3 is 9.88 Å². The summed E-state index contributed by atoms with van der Waals surface area (Å²) in [6, 6.07) is 14.1. The fourth-order valence-electron chi connectivity index (χ4n) is 2.19. The summed E-state index contributed by atoms with van der Waals surface area (Å²) in [5, 5.41) is 5.39. The Morgan fingerprint density at radius 3 is 2.75 bits per heavy atom. The quantitative estimate of drug-likeness (QED) is 0.791. The summed E-state index contributed by atoms with van der Waals surface area (Å²) in [7, 11) is 0. The molecule has 1 aromatic heterocycles. The smallest absolute Gasteiger partial charge is 0.293 e. The summed E-state index contributed by atoms with van der Waals surface area (Å²) in [6.07, 6.45) is 3.32. The molecule has 3 rings (SSSR count). The van der Waals surface area contributed by atoms with Crippen LogP contribution in [0.3, 0.4) is 0 Å². The van der Waals surface area contributed by atoms with Crippen LogP contribution in [0.1, 0.15) is 6.92 Å². The van der Waals surface area contributed by atoms with Gasteiger partial charge in [0.25, 0.3) is 5.56 Å². The Hall–Kier alpha value is -2.62. The normalized spacial score (nSPS) is 10.7. The molecule has 4 heteroatoms. The first-order valence-electron chi connectivity index (χ1n) is 6.59. The molecule has 1 N–H and O–H groups in total. The van der Waals surface area contributed by atoms with Crippen molar-refractivity contribution in [1.29, 1.82) is 0 Å². The number of hydrogen-bond donors (Lipinski definition) is 1. The topological polar surface area (TPSA) is 46.9 Å². The summed E-state index contributed by atoms with van der Waals surface area (Å²) in [5.41, 5.74) is 0.755. The Morgan fingerprint density at radius 1 is 1.15 bits per heavy atom. The third-order valence-electron chi connectivity index (χ3n) is 3.27. The summed E-state index contributed by atoms with van der Waals surface area (Å²) >= 11 is 0. The lowest BCUT2D eigenvalue weighted by molar-refractivity contribution is 0.720. The number of anilines is 2. The minimum Gasteiger partial charge on any atom is -0.336 e. The highest BCUT2D eigenvalue weighted by Gasteiger charge is 2.04. The maximum Gasteiger partial charge on any atom is 0.293 e. The average Bonchev–Trinajstić information content (AvgIpc) is 2.49. The number of benzene rings is 2. The third kappa shape index (κ3) is 2.28. The van der Waals surface area contributed by atoms with Crippen molar-refractivity contribution in [2.24, 2.45) is 0 Å². The number of aromatic nitrogens is 2. The first-order chi connectivity index (χ1) is 9.78. The molecule has 0 radical (unpaired) electrons. The van der Waals surface area contributed by atoms with Crippen LogP contribution in [0.25, 0.3) is 10.8 Å². The van der Waals surface area contributed by atoms with E-state index in [2.05, 4.69) is 16.4 Å². The van der Waals surface area contributed by atoms with Crippen molar-refractivity contribution in [1.82, 2.24) is 9.55 Å². The molecule has 3 aromatic rings. The van der Waals surface area contributed by atoms with E-state index in [9.17, 15) is 4.79 Å². The van der Waals surface area contributed by atoms with Crippen molar-refractivity contribution in [3.8, 4) is 0 Å². The molecular weight excluding hydrogens is 250 g/mol. The number of nitrogens with one attached hydrogen (secondary N) is 1. The first kappa shape index (κ1) is 12.4. The van der Waals surface area contributed by atoms with Gasteiger partial charge in [0.2, 0.25) is 0 Å². The van der Waals surface area contributed by atoms with Crippen LogP contribution in [0.5, 0.6) is 0 Å². The highest BCUT2D eigenvalue weighted by Crippen LogP contribution is 2.20. The molecular formula is C16H15N3O. The molecule has 0 aliphatic heterocycles. The zero-order valence-electron chi connectivity index (χ0n) is 11.2. The zero-order valence-corrected chi connectivity index (χ0v) is 11.2. The fraction of sp³-hybridized carbons (Fsp3) is 0.125. The first-order valence-corrected chi connectivity index (χ1v) is 6.59. The summed E-state index contributed by atoms with van der Waals surface area (Å²) in [4.78, 5) is 16.2.